The monoisotopic (exact) mass is 574 g/mol. The fraction of sp³-hybridized carbons (Fsp3) is 0.0909. The Bertz CT molecular complexity index is 1810. The summed E-state index contributed by atoms with van der Waals surface area (Å²) >= 11 is 0. The maximum Gasteiger partial charge on any atom is 0.336 e. The summed E-state index contributed by atoms with van der Waals surface area (Å²) in [4.78, 5) is 73.5. The Morgan fingerprint density at radius 1 is 0.512 bits per heavy atom. The van der Waals surface area contributed by atoms with Gasteiger partial charge in [-0.05, 0) is 46.5 Å². The highest BCUT2D eigenvalue weighted by molar-refractivity contribution is 6.26. The molecule has 0 spiro atoms. The number of fused-ring (bicyclic) bond motifs is 2. The number of imide groups is 2. The topological polar surface area (TPSA) is 167 Å². The van der Waals surface area contributed by atoms with E-state index in [9.17, 15) is 39.0 Å². The van der Waals surface area contributed by atoms with Crippen LogP contribution in [0.3, 0.4) is 0 Å². The third-order valence-corrected chi connectivity index (χ3v) is 8.06. The van der Waals surface area contributed by atoms with Crippen molar-refractivity contribution in [2.45, 2.75) is 19.3 Å². The normalized spacial score (nSPS) is 13.8. The quantitative estimate of drug-likeness (QED) is 0.244. The van der Waals surface area contributed by atoms with Gasteiger partial charge in [-0.25, -0.2) is 9.59 Å². The van der Waals surface area contributed by atoms with Gasteiger partial charge >= 0.3 is 11.9 Å². The van der Waals surface area contributed by atoms with E-state index in [1.807, 2.05) is 38.1 Å². The summed E-state index contributed by atoms with van der Waals surface area (Å²) in [5, 5.41) is 24.0. The summed E-state index contributed by atoms with van der Waals surface area (Å²) in [6, 6.07) is 19.3. The number of carboxylic acids is 2. The lowest BCUT2D eigenvalue weighted by molar-refractivity contribution is 0.0686. The van der Waals surface area contributed by atoms with Crippen molar-refractivity contribution in [2.24, 2.45) is 0 Å². The van der Waals surface area contributed by atoms with Gasteiger partial charge in [-0.2, -0.15) is 0 Å². The summed E-state index contributed by atoms with van der Waals surface area (Å²) in [7, 11) is 0. The van der Waals surface area contributed by atoms with Gasteiger partial charge in [-0.3, -0.25) is 29.8 Å². The third kappa shape index (κ3) is 4.19. The number of aromatic carboxylic acids is 2. The Hall–Kier alpha value is -5.90. The predicted octanol–water partition coefficient (Wildman–Crippen LogP) is 4.51. The Morgan fingerprint density at radius 3 is 1.19 bits per heavy atom. The SMILES string of the molecule is CC(C)(c1ccc(-c2c(C(=O)O)ccc3c2C(=O)NC3=O)cc1)c1ccc(-c2c(C(=O)O)ccc3c2C(=O)NC3=O)cc1. The van der Waals surface area contributed by atoms with E-state index in [0.29, 0.717) is 11.1 Å². The zero-order chi connectivity index (χ0) is 30.8. The van der Waals surface area contributed by atoms with Crippen molar-refractivity contribution in [2.75, 3.05) is 0 Å². The lowest BCUT2D eigenvalue weighted by Gasteiger charge is -2.27. The third-order valence-electron chi connectivity index (χ3n) is 8.06. The minimum atomic E-state index is -1.23. The van der Waals surface area contributed by atoms with E-state index in [0.717, 1.165) is 11.1 Å². The number of hydrogen-bond acceptors (Lipinski definition) is 6. The molecule has 0 bridgehead atoms. The molecule has 0 atom stereocenters. The number of amides is 4. The standard InChI is InChI=1S/C33H22N2O8/c1-33(2,17-7-3-15(4-8-17)23-21(31(40)41)13-11-19-25(23)29(38)34-27(19)36)18-9-5-16(6-10-18)24-22(32(42)43)14-12-20-26(24)30(39)35-28(20)37/h3-14H,1-2H3,(H,40,41)(H,42,43)(H,34,36,38)(H,35,37,39). The zero-order valence-corrected chi connectivity index (χ0v) is 22.8. The molecule has 2 aliphatic rings. The van der Waals surface area contributed by atoms with Crippen LogP contribution < -0.4 is 10.6 Å². The molecule has 6 rings (SSSR count). The first kappa shape index (κ1) is 27.3. The molecule has 212 valence electrons. The van der Waals surface area contributed by atoms with Crippen LogP contribution in [0.5, 0.6) is 0 Å². The van der Waals surface area contributed by atoms with Crippen LogP contribution in [0, 0.1) is 0 Å². The molecule has 0 radical (unpaired) electrons. The number of hydrogen-bond donors (Lipinski definition) is 4. The van der Waals surface area contributed by atoms with E-state index in [4.69, 9.17) is 0 Å². The van der Waals surface area contributed by atoms with Gasteiger partial charge in [0.1, 0.15) is 0 Å². The second-order valence-electron chi connectivity index (χ2n) is 10.8. The van der Waals surface area contributed by atoms with Crippen molar-refractivity contribution in [1.82, 2.24) is 10.6 Å². The van der Waals surface area contributed by atoms with Crippen LogP contribution in [0.2, 0.25) is 0 Å². The molecule has 4 aromatic carbocycles. The van der Waals surface area contributed by atoms with Crippen LogP contribution in [0.1, 0.15) is 87.1 Å². The first-order chi connectivity index (χ1) is 20.4. The fourth-order valence-electron chi connectivity index (χ4n) is 5.75. The van der Waals surface area contributed by atoms with Crippen molar-refractivity contribution >= 4 is 35.6 Å². The highest BCUT2D eigenvalue weighted by Crippen LogP contribution is 2.38. The van der Waals surface area contributed by atoms with Gasteiger partial charge in [-0.15, -0.1) is 0 Å². The van der Waals surface area contributed by atoms with Crippen LogP contribution in [-0.4, -0.2) is 45.8 Å². The predicted molar refractivity (Wildman–Crippen MR) is 153 cm³/mol. The second-order valence-corrected chi connectivity index (χ2v) is 10.8. The first-order valence-electron chi connectivity index (χ1n) is 13.1. The lowest BCUT2D eigenvalue weighted by Crippen LogP contribution is -2.20. The number of carboxylic acid groups (broad SMARTS) is 2. The average Bonchev–Trinajstić information content (AvgIpc) is 3.45. The highest BCUT2D eigenvalue weighted by Gasteiger charge is 2.34. The number of benzene rings is 4. The molecule has 4 amide bonds. The van der Waals surface area contributed by atoms with Crippen LogP contribution in [0.25, 0.3) is 22.3 Å². The summed E-state index contributed by atoms with van der Waals surface area (Å²) in [5.74, 6) is -4.93. The summed E-state index contributed by atoms with van der Waals surface area (Å²) < 4.78 is 0. The smallest absolute Gasteiger partial charge is 0.336 e. The number of carbonyl (C=O) groups excluding carboxylic acids is 4. The van der Waals surface area contributed by atoms with Gasteiger partial charge in [0, 0.05) is 16.5 Å². The largest absolute Gasteiger partial charge is 0.478 e. The van der Waals surface area contributed by atoms with Crippen LogP contribution >= 0.6 is 0 Å². The first-order valence-corrected chi connectivity index (χ1v) is 13.1. The molecule has 4 aromatic rings. The molecule has 0 saturated carbocycles. The number of nitrogens with one attached hydrogen (secondary N) is 2. The van der Waals surface area contributed by atoms with Crippen molar-refractivity contribution < 1.29 is 39.0 Å². The molecule has 0 fully saturated rings. The zero-order valence-electron chi connectivity index (χ0n) is 22.8. The molecule has 0 saturated heterocycles. The molecule has 43 heavy (non-hydrogen) atoms. The van der Waals surface area contributed by atoms with Gasteiger partial charge in [0.15, 0.2) is 0 Å². The minimum Gasteiger partial charge on any atom is -0.478 e. The lowest BCUT2D eigenvalue weighted by atomic mass is 9.77. The maximum atomic E-state index is 12.5. The molecule has 10 nitrogen and oxygen atoms in total. The maximum absolute atomic E-state index is 12.5. The molecule has 0 aromatic heterocycles. The van der Waals surface area contributed by atoms with Gasteiger partial charge < -0.3 is 10.2 Å². The molecular weight excluding hydrogens is 552 g/mol. The van der Waals surface area contributed by atoms with Crippen LogP contribution in [-0.2, 0) is 5.41 Å². The van der Waals surface area contributed by atoms with Crippen molar-refractivity contribution in [3.8, 4) is 22.3 Å². The Morgan fingerprint density at radius 2 is 0.860 bits per heavy atom. The summed E-state index contributed by atoms with van der Waals surface area (Å²) in [5.41, 5.74) is 2.44. The van der Waals surface area contributed by atoms with Crippen molar-refractivity contribution in [3.05, 3.63) is 117 Å². The molecular formula is C33H22N2O8. The molecule has 4 N–H and O–H groups in total. The molecule has 10 heteroatoms. The van der Waals surface area contributed by atoms with Gasteiger partial charge in [0.2, 0.25) is 0 Å². The molecule has 2 heterocycles. The number of rotatable bonds is 6. The van der Waals surface area contributed by atoms with Crippen molar-refractivity contribution in [1.29, 1.82) is 0 Å². The van der Waals surface area contributed by atoms with Crippen LogP contribution in [0.15, 0.2) is 72.8 Å². The highest BCUT2D eigenvalue weighted by atomic mass is 16.4. The van der Waals surface area contributed by atoms with Gasteiger partial charge in [0.05, 0.1) is 33.4 Å². The Balaban J connectivity index is 1.38. The fourth-order valence-corrected chi connectivity index (χ4v) is 5.75. The molecule has 2 aliphatic heterocycles. The Kier molecular flexibility index (Phi) is 6.08. The van der Waals surface area contributed by atoms with Crippen LogP contribution in [0.4, 0.5) is 0 Å². The molecule has 0 unspecified atom stereocenters. The van der Waals surface area contributed by atoms with E-state index in [1.54, 1.807) is 24.3 Å². The Labute approximate surface area is 244 Å². The second kappa shape index (κ2) is 9.59. The van der Waals surface area contributed by atoms with Crippen molar-refractivity contribution in [3.63, 3.8) is 0 Å². The van der Waals surface area contributed by atoms with E-state index < -0.39 is 41.0 Å². The average molecular weight is 575 g/mol. The van der Waals surface area contributed by atoms with E-state index in [1.165, 1.54) is 24.3 Å². The van der Waals surface area contributed by atoms with E-state index in [2.05, 4.69) is 10.6 Å². The molecule has 0 aliphatic carbocycles. The minimum absolute atomic E-state index is 0.0241. The van der Waals surface area contributed by atoms with Gasteiger partial charge in [0.25, 0.3) is 23.6 Å². The number of carbonyl (C=O) groups is 6. The van der Waals surface area contributed by atoms with E-state index in [-0.39, 0.29) is 44.5 Å². The summed E-state index contributed by atoms with van der Waals surface area (Å²) in [6.07, 6.45) is 0. The summed E-state index contributed by atoms with van der Waals surface area (Å²) in [6.45, 7) is 3.95. The van der Waals surface area contributed by atoms with Gasteiger partial charge in [-0.1, -0.05) is 62.4 Å². The van der Waals surface area contributed by atoms with E-state index >= 15 is 0 Å².